The van der Waals surface area contributed by atoms with Crippen molar-refractivity contribution in [3.63, 3.8) is 0 Å². The molecular formula is C14H20FNO3. The van der Waals surface area contributed by atoms with Gasteiger partial charge in [-0.2, -0.15) is 0 Å². The van der Waals surface area contributed by atoms with E-state index in [-0.39, 0.29) is 18.3 Å². The van der Waals surface area contributed by atoms with E-state index in [4.69, 9.17) is 9.84 Å². The lowest BCUT2D eigenvalue weighted by molar-refractivity contribution is -0.134. The van der Waals surface area contributed by atoms with Gasteiger partial charge in [-0.15, -0.1) is 0 Å². The Hall–Kier alpha value is -1.62. The normalized spacial score (nSPS) is 11.2. The monoisotopic (exact) mass is 269 g/mol. The molecule has 4 nitrogen and oxygen atoms in total. The molecule has 0 bridgehead atoms. The summed E-state index contributed by atoms with van der Waals surface area (Å²) in [4.78, 5) is 11.9. The predicted octanol–water partition coefficient (Wildman–Crippen LogP) is 1.87. The molecule has 19 heavy (non-hydrogen) atoms. The molecule has 1 rings (SSSR count). The SMILES string of the molecule is CC(C)(Oc1ccc(F)cc1)C(=O)NCCCCO. The molecule has 0 aromatic heterocycles. The molecule has 0 unspecified atom stereocenters. The maximum atomic E-state index is 12.8. The minimum Gasteiger partial charge on any atom is -0.478 e. The molecule has 2 N–H and O–H groups in total. The highest BCUT2D eigenvalue weighted by Gasteiger charge is 2.29. The van der Waals surface area contributed by atoms with Gasteiger partial charge in [-0.05, 0) is 51.0 Å². The number of nitrogens with one attached hydrogen (secondary N) is 1. The molecule has 0 aliphatic rings. The molecule has 0 spiro atoms. The van der Waals surface area contributed by atoms with Crippen LogP contribution in [0.2, 0.25) is 0 Å². The van der Waals surface area contributed by atoms with E-state index in [0.29, 0.717) is 18.7 Å². The summed E-state index contributed by atoms with van der Waals surface area (Å²) < 4.78 is 18.3. The second kappa shape index (κ2) is 7.09. The van der Waals surface area contributed by atoms with Crippen molar-refractivity contribution in [1.82, 2.24) is 5.32 Å². The number of aliphatic hydroxyl groups excluding tert-OH is 1. The van der Waals surface area contributed by atoms with Crippen LogP contribution in [0.1, 0.15) is 26.7 Å². The van der Waals surface area contributed by atoms with Gasteiger partial charge in [0.1, 0.15) is 11.6 Å². The lowest BCUT2D eigenvalue weighted by atomic mass is 10.1. The number of unbranched alkanes of at least 4 members (excludes halogenated alkanes) is 1. The smallest absolute Gasteiger partial charge is 0.263 e. The van der Waals surface area contributed by atoms with Gasteiger partial charge in [0.15, 0.2) is 5.60 Å². The first-order chi connectivity index (χ1) is 8.95. The van der Waals surface area contributed by atoms with E-state index in [2.05, 4.69) is 5.32 Å². The van der Waals surface area contributed by atoms with Crippen LogP contribution in [0.25, 0.3) is 0 Å². The standard InChI is InChI=1S/C14H20FNO3/c1-14(2,13(18)16-9-3-4-10-17)19-12-7-5-11(15)6-8-12/h5-8,17H,3-4,9-10H2,1-2H3,(H,16,18). The number of benzene rings is 1. The lowest BCUT2D eigenvalue weighted by Gasteiger charge is -2.25. The number of rotatable bonds is 7. The zero-order chi connectivity index (χ0) is 14.3. The van der Waals surface area contributed by atoms with Crippen molar-refractivity contribution < 1.29 is 19.0 Å². The molecule has 0 atom stereocenters. The maximum Gasteiger partial charge on any atom is 0.263 e. The minimum absolute atomic E-state index is 0.116. The highest BCUT2D eigenvalue weighted by molar-refractivity contribution is 5.84. The number of ether oxygens (including phenoxy) is 1. The molecule has 0 aliphatic carbocycles. The third-order valence-electron chi connectivity index (χ3n) is 2.60. The molecule has 5 heteroatoms. The predicted molar refractivity (Wildman–Crippen MR) is 70.4 cm³/mol. The van der Waals surface area contributed by atoms with E-state index in [1.165, 1.54) is 24.3 Å². The van der Waals surface area contributed by atoms with Crippen LogP contribution in [0.3, 0.4) is 0 Å². The molecular weight excluding hydrogens is 249 g/mol. The van der Waals surface area contributed by atoms with Gasteiger partial charge in [-0.3, -0.25) is 4.79 Å². The second-order valence-electron chi connectivity index (χ2n) is 4.75. The average Bonchev–Trinajstić information content (AvgIpc) is 2.37. The highest BCUT2D eigenvalue weighted by Crippen LogP contribution is 2.18. The summed E-state index contributed by atoms with van der Waals surface area (Å²) in [5.74, 6) is -0.148. The van der Waals surface area contributed by atoms with Crippen LogP contribution in [0.5, 0.6) is 5.75 Å². The fraction of sp³-hybridized carbons (Fsp3) is 0.500. The third kappa shape index (κ3) is 5.26. The van der Waals surface area contributed by atoms with E-state index in [1.54, 1.807) is 13.8 Å². The van der Waals surface area contributed by atoms with Crippen LogP contribution >= 0.6 is 0 Å². The van der Waals surface area contributed by atoms with Gasteiger partial charge in [-0.1, -0.05) is 0 Å². The maximum absolute atomic E-state index is 12.8. The number of amides is 1. The average molecular weight is 269 g/mol. The van der Waals surface area contributed by atoms with Crippen molar-refractivity contribution in [2.75, 3.05) is 13.2 Å². The highest BCUT2D eigenvalue weighted by atomic mass is 19.1. The number of hydrogen-bond donors (Lipinski definition) is 2. The van der Waals surface area contributed by atoms with Gasteiger partial charge in [0.05, 0.1) is 0 Å². The summed E-state index contributed by atoms with van der Waals surface area (Å²) in [5, 5.41) is 11.4. The Balaban J connectivity index is 2.49. The molecule has 1 aromatic rings. The van der Waals surface area contributed by atoms with Gasteiger partial charge in [0.25, 0.3) is 5.91 Å². The van der Waals surface area contributed by atoms with Crippen LogP contribution in [0, 0.1) is 5.82 Å². The van der Waals surface area contributed by atoms with E-state index >= 15 is 0 Å². The first kappa shape index (κ1) is 15.4. The van der Waals surface area contributed by atoms with E-state index in [1.807, 2.05) is 0 Å². The van der Waals surface area contributed by atoms with Gasteiger partial charge in [0.2, 0.25) is 0 Å². The molecule has 1 amide bonds. The van der Waals surface area contributed by atoms with Crippen molar-refractivity contribution in [2.24, 2.45) is 0 Å². The van der Waals surface area contributed by atoms with Crippen molar-refractivity contribution in [1.29, 1.82) is 0 Å². The quantitative estimate of drug-likeness (QED) is 0.743. The molecule has 0 fully saturated rings. The van der Waals surface area contributed by atoms with E-state index in [0.717, 1.165) is 6.42 Å². The topological polar surface area (TPSA) is 58.6 Å². The van der Waals surface area contributed by atoms with Crippen LogP contribution in [0.4, 0.5) is 4.39 Å². The van der Waals surface area contributed by atoms with Gasteiger partial charge in [-0.25, -0.2) is 4.39 Å². The zero-order valence-electron chi connectivity index (χ0n) is 11.3. The molecule has 1 aromatic carbocycles. The van der Waals surface area contributed by atoms with Gasteiger partial charge in [0, 0.05) is 13.2 Å². The summed E-state index contributed by atoms with van der Waals surface area (Å²) in [6.07, 6.45) is 1.37. The molecule has 0 aliphatic heterocycles. The number of hydrogen-bond acceptors (Lipinski definition) is 3. The Morgan fingerprint density at radius 2 is 1.95 bits per heavy atom. The van der Waals surface area contributed by atoms with Crippen LogP contribution in [-0.2, 0) is 4.79 Å². The number of aliphatic hydroxyl groups is 1. The van der Waals surface area contributed by atoms with Crippen molar-refractivity contribution in [3.8, 4) is 5.75 Å². The van der Waals surface area contributed by atoms with Gasteiger partial charge < -0.3 is 15.2 Å². The van der Waals surface area contributed by atoms with E-state index in [9.17, 15) is 9.18 Å². The molecule has 0 radical (unpaired) electrons. The first-order valence-corrected chi connectivity index (χ1v) is 6.29. The van der Waals surface area contributed by atoms with Crippen molar-refractivity contribution >= 4 is 5.91 Å². The number of halogens is 1. The van der Waals surface area contributed by atoms with Crippen molar-refractivity contribution in [2.45, 2.75) is 32.3 Å². The summed E-state index contributed by atoms with van der Waals surface area (Å²) in [6, 6.07) is 5.53. The van der Waals surface area contributed by atoms with Crippen LogP contribution in [0.15, 0.2) is 24.3 Å². The van der Waals surface area contributed by atoms with E-state index < -0.39 is 5.60 Å². The summed E-state index contributed by atoms with van der Waals surface area (Å²) in [7, 11) is 0. The summed E-state index contributed by atoms with van der Waals surface area (Å²) in [5.41, 5.74) is -1.03. The van der Waals surface area contributed by atoms with Gasteiger partial charge >= 0.3 is 0 Å². The minimum atomic E-state index is -1.03. The second-order valence-corrected chi connectivity index (χ2v) is 4.75. The fourth-order valence-electron chi connectivity index (χ4n) is 1.50. The van der Waals surface area contributed by atoms with Crippen LogP contribution in [-0.4, -0.2) is 29.8 Å². The summed E-state index contributed by atoms with van der Waals surface area (Å²) >= 11 is 0. The zero-order valence-corrected chi connectivity index (χ0v) is 11.3. The first-order valence-electron chi connectivity index (χ1n) is 6.29. The Labute approximate surface area is 112 Å². The summed E-state index contributed by atoms with van der Waals surface area (Å²) in [6.45, 7) is 3.91. The third-order valence-corrected chi connectivity index (χ3v) is 2.60. The van der Waals surface area contributed by atoms with Crippen LogP contribution < -0.4 is 10.1 Å². The van der Waals surface area contributed by atoms with Crippen molar-refractivity contribution in [3.05, 3.63) is 30.1 Å². The molecule has 0 saturated heterocycles. The Bertz CT molecular complexity index is 404. The number of carbonyl (C=O) groups excluding carboxylic acids is 1. The Morgan fingerprint density at radius 3 is 2.53 bits per heavy atom. The molecule has 106 valence electrons. The number of carbonyl (C=O) groups is 1. The molecule has 0 saturated carbocycles. The molecule has 0 heterocycles. The lowest BCUT2D eigenvalue weighted by Crippen LogP contribution is -2.46. The Morgan fingerprint density at radius 1 is 1.32 bits per heavy atom. The largest absolute Gasteiger partial charge is 0.478 e. The fourth-order valence-corrected chi connectivity index (χ4v) is 1.50. The Kier molecular flexibility index (Phi) is 5.76.